The number of benzene rings is 2. The van der Waals surface area contributed by atoms with E-state index < -0.39 is 10.0 Å². The van der Waals surface area contributed by atoms with Gasteiger partial charge in [0.1, 0.15) is 5.75 Å². The number of ether oxygens (including phenoxy) is 1. The van der Waals surface area contributed by atoms with Crippen molar-refractivity contribution in [2.24, 2.45) is 5.14 Å². The van der Waals surface area contributed by atoms with Gasteiger partial charge in [-0.2, -0.15) is 4.98 Å². The average Bonchev–Trinajstić information content (AvgIpc) is 3.28. The molecule has 2 heterocycles. The van der Waals surface area contributed by atoms with Crippen LogP contribution in [0.25, 0.3) is 11.4 Å². The van der Waals surface area contributed by atoms with Crippen LogP contribution < -0.4 is 14.8 Å². The molecule has 27 heavy (non-hydrogen) atoms. The van der Waals surface area contributed by atoms with Crippen LogP contribution in [0.5, 0.6) is 5.75 Å². The first-order valence-electron chi connectivity index (χ1n) is 8.32. The van der Waals surface area contributed by atoms with Crippen LogP contribution in [0.15, 0.2) is 51.9 Å². The SMILES string of the molecule is COc1ccccc1-c1noc(CN2CCc3cc(S(N)(=O)=O)ccc32)n1. The maximum Gasteiger partial charge on any atom is 0.246 e. The second-order valence-corrected chi connectivity index (χ2v) is 7.78. The molecule has 2 aromatic carbocycles. The maximum atomic E-state index is 11.5. The minimum absolute atomic E-state index is 0.124. The van der Waals surface area contributed by atoms with Crippen LogP contribution in [0.1, 0.15) is 11.5 Å². The van der Waals surface area contributed by atoms with Gasteiger partial charge < -0.3 is 14.2 Å². The third-order valence-electron chi connectivity index (χ3n) is 4.51. The van der Waals surface area contributed by atoms with E-state index in [0.717, 1.165) is 29.8 Å². The van der Waals surface area contributed by atoms with Crippen molar-refractivity contribution in [2.45, 2.75) is 17.9 Å². The molecule has 0 radical (unpaired) electrons. The minimum atomic E-state index is -3.71. The first kappa shape index (κ1) is 17.5. The van der Waals surface area contributed by atoms with Crippen LogP contribution in [0.3, 0.4) is 0 Å². The van der Waals surface area contributed by atoms with Crippen molar-refractivity contribution in [3.63, 3.8) is 0 Å². The van der Waals surface area contributed by atoms with E-state index in [9.17, 15) is 8.42 Å². The average molecular weight is 386 g/mol. The molecule has 0 aliphatic carbocycles. The number of hydrogen-bond donors (Lipinski definition) is 1. The normalized spacial score (nSPS) is 13.6. The summed E-state index contributed by atoms with van der Waals surface area (Å²) < 4.78 is 33.8. The van der Waals surface area contributed by atoms with E-state index in [1.54, 1.807) is 19.2 Å². The Morgan fingerprint density at radius 3 is 2.85 bits per heavy atom. The third kappa shape index (κ3) is 3.38. The minimum Gasteiger partial charge on any atom is -0.496 e. The highest BCUT2D eigenvalue weighted by Crippen LogP contribution is 2.32. The number of methoxy groups -OCH3 is 1. The molecule has 3 aromatic rings. The molecule has 1 aliphatic heterocycles. The summed E-state index contributed by atoms with van der Waals surface area (Å²) in [5.41, 5.74) is 2.64. The second-order valence-electron chi connectivity index (χ2n) is 6.22. The van der Waals surface area contributed by atoms with Crippen LogP contribution >= 0.6 is 0 Å². The molecule has 0 fully saturated rings. The molecule has 0 spiro atoms. The summed E-state index contributed by atoms with van der Waals surface area (Å²) in [7, 11) is -2.11. The Kier molecular flexibility index (Phi) is 4.33. The topological polar surface area (TPSA) is 112 Å². The first-order valence-corrected chi connectivity index (χ1v) is 9.87. The van der Waals surface area contributed by atoms with E-state index in [0.29, 0.717) is 24.0 Å². The molecule has 8 nitrogen and oxygen atoms in total. The molecule has 1 aromatic heterocycles. The number of sulfonamides is 1. The Bertz CT molecular complexity index is 1090. The van der Waals surface area contributed by atoms with Crippen molar-refractivity contribution < 1.29 is 17.7 Å². The van der Waals surface area contributed by atoms with Crippen LogP contribution in [0, 0.1) is 0 Å². The number of anilines is 1. The third-order valence-corrected chi connectivity index (χ3v) is 5.42. The van der Waals surface area contributed by atoms with Gasteiger partial charge in [0.05, 0.1) is 24.1 Å². The van der Waals surface area contributed by atoms with E-state index in [2.05, 4.69) is 15.0 Å². The monoisotopic (exact) mass is 386 g/mol. The zero-order valence-corrected chi connectivity index (χ0v) is 15.4. The van der Waals surface area contributed by atoms with Gasteiger partial charge in [0.25, 0.3) is 0 Å². The lowest BCUT2D eigenvalue weighted by Gasteiger charge is -2.16. The quantitative estimate of drug-likeness (QED) is 0.713. The summed E-state index contributed by atoms with van der Waals surface area (Å²) in [4.78, 5) is 6.66. The van der Waals surface area contributed by atoms with Gasteiger partial charge in [-0.15, -0.1) is 0 Å². The Morgan fingerprint density at radius 1 is 1.26 bits per heavy atom. The van der Waals surface area contributed by atoms with Crippen molar-refractivity contribution >= 4 is 15.7 Å². The molecule has 0 unspecified atom stereocenters. The van der Waals surface area contributed by atoms with Crippen LogP contribution in [-0.4, -0.2) is 32.2 Å². The van der Waals surface area contributed by atoms with Crippen molar-refractivity contribution in [1.29, 1.82) is 0 Å². The summed E-state index contributed by atoms with van der Waals surface area (Å²) in [6.45, 7) is 1.17. The Morgan fingerprint density at radius 2 is 2.07 bits per heavy atom. The number of primary sulfonamides is 1. The summed E-state index contributed by atoms with van der Waals surface area (Å²) in [6.07, 6.45) is 0.728. The van der Waals surface area contributed by atoms with Crippen molar-refractivity contribution in [2.75, 3.05) is 18.6 Å². The zero-order chi connectivity index (χ0) is 19.0. The van der Waals surface area contributed by atoms with Gasteiger partial charge in [-0.25, -0.2) is 13.6 Å². The van der Waals surface area contributed by atoms with Crippen LogP contribution in [0.4, 0.5) is 5.69 Å². The van der Waals surface area contributed by atoms with Gasteiger partial charge in [0.15, 0.2) is 0 Å². The highest BCUT2D eigenvalue weighted by atomic mass is 32.2. The number of para-hydroxylation sites is 1. The molecule has 2 N–H and O–H groups in total. The standard InChI is InChI=1S/C18H18N4O4S/c1-25-16-5-3-2-4-14(16)18-20-17(26-21-18)11-22-9-8-12-10-13(27(19,23)24)6-7-15(12)22/h2-7,10H,8-9,11H2,1H3,(H2,19,23,24). The zero-order valence-electron chi connectivity index (χ0n) is 14.6. The smallest absolute Gasteiger partial charge is 0.246 e. The molecule has 9 heteroatoms. The predicted molar refractivity (Wildman–Crippen MR) is 98.9 cm³/mol. The fourth-order valence-electron chi connectivity index (χ4n) is 3.21. The van der Waals surface area contributed by atoms with Gasteiger partial charge >= 0.3 is 0 Å². The Hall–Kier alpha value is -2.91. The lowest BCUT2D eigenvalue weighted by molar-refractivity contribution is 0.376. The second kappa shape index (κ2) is 6.67. The fraction of sp³-hybridized carbons (Fsp3) is 0.222. The maximum absolute atomic E-state index is 11.5. The Balaban J connectivity index is 1.57. The summed E-state index contributed by atoms with van der Waals surface area (Å²) >= 11 is 0. The number of hydrogen-bond acceptors (Lipinski definition) is 7. The van der Waals surface area contributed by atoms with Gasteiger partial charge in [-0.3, -0.25) is 0 Å². The van der Waals surface area contributed by atoms with Crippen molar-refractivity contribution in [3.05, 3.63) is 53.9 Å². The summed E-state index contributed by atoms with van der Waals surface area (Å²) in [6, 6.07) is 12.4. The first-order chi connectivity index (χ1) is 13.0. The Labute approximate surface area is 156 Å². The highest BCUT2D eigenvalue weighted by Gasteiger charge is 2.23. The lowest BCUT2D eigenvalue weighted by Crippen LogP contribution is -2.20. The molecule has 0 amide bonds. The number of aromatic nitrogens is 2. The van der Waals surface area contributed by atoms with E-state index in [1.165, 1.54) is 6.07 Å². The predicted octanol–water partition coefficient (Wildman–Crippen LogP) is 1.96. The largest absolute Gasteiger partial charge is 0.496 e. The molecule has 0 saturated carbocycles. The molecule has 0 bridgehead atoms. The molecule has 0 saturated heterocycles. The number of nitrogens with zero attached hydrogens (tertiary/aromatic N) is 3. The summed E-state index contributed by atoms with van der Waals surface area (Å²) in [5.74, 6) is 1.61. The molecule has 1 aliphatic rings. The fourth-order valence-corrected chi connectivity index (χ4v) is 3.77. The molecule has 4 rings (SSSR count). The molecular formula is C18H18N4O4S. The van der Waals surface area contributed by atoms with Gasteiger partial charge in [0, 0.05) is 12.2 Å². The van der Waals surface area contributed by atoms with Crippen molar-refractivity contribution in [1.82, 2.24) is 10.1 Å². The van der Waals surface area contributed by atoms with E-state index in [4.69, 9.17) is 14.4 Å². The molecular weight excluding hydrogens is 368 g/mol. The van der Waals surface area contributed by atoms with Gasteiger partial charge in [0.2, 0.25) is 21.7 Å². The molecule has 140 valence electrons. The lowest BCUT2D eigenvalue weighted by atomic mass is 10.2. The van der Waals surface area contributed by atoms with E-state index in [1.807, 2.05) is 24.3 Å². The number of rotatable bonds is 5. The molecule has 0 atom stereocenters. The van der Waals surface area contributed by atoms with Crippen molar-refractivity contribution in [3.8, 4) is 17.1 Å². The van der Waals surface area contributed by atoms with Crippen LogP contribution in [-0.2, 0) is 23.0 Å². The van der Waals surface area contributed by atoms with Gasteiger partial charge in [-0.05, 0) is 42.3 Å². The number of fused-ring (bicyclic) bond motifs is 1. The van der Waals surface area contributed by atoms with E-state index >= 15 is 0 Å². The highest BCUT2D eigenvalue weighted by molar-refractivity contribution is 7.89. The number of nitrogens with two attached hydrogens (primary N) is 1. The van der Waals surface area contributed by atoms with Gasteiger partial charge in [-0.1, -0.05) is 17.3 Å². The summed E-state index contributed by atoms with van der Waals surface area (Å²) in [5, 5.41) is 9.26. The van der Waals surface area contributed by atoms with E-state index in [-0.39, 0.29) is 4.90 Å². The van der Waals surface area contributed by atoms with Crippen LogP contribution in [0.2, 0.25) is 0 Å².